The van der Waals surface area contributed by atoms with Crippen LogP contribution in [0.3, 0.4) is 0 Å². The molecular weight excluding hydrogens is 292 g/mol. The molecule has 76 valence electrons. The van der Waals surface area contributed by atoms with Gasteiger partial charge in [0.2, 0.25) is 0 Å². The Hall–Kier alpha value is 0.520. The van der Waals surface area contributed by atoms with Gasteiger partial charge in [0, 0.05) is 3.92 Å². The van der Waals surface area contributed by atoms with Gasteiger partial charge >= 0.3 is 6.18 Å². The summed E-state index contributed by atoms with van der Waals surface area (Å²) in [5.74, 6) is 0.575. The molecule has 0 spiro atoms. The maximum Gasteiger partial charge on any atom is 0.395 e. The first-order valence-electron chi connectivity index (χ1n) is 4.66. The Labute approximate surface area is 89.4 Å². The lowest BCUT2D eigenvalue weighted by molar-refractivity contribution is -0.245. The highest BCUT2D eigenvalue weighted by atomic mass is 127. The third-order valence-electron chi connectivity index (χ3n) is 3.70. The summed E-state index contributed by atoms with van der Waals surface area (Å²) in [4.78, 5) is 0. The van der Waals surface area contributed by atoms with Crippen LogP contribution in [0.15, 0.2) is 0 Å². The van der Waals surface area contributed by atoms with Gasteiger partial charge in [-0.05, 0) is 38.0 Å². The van der Waals surface area contributed by atoms with Gasteiger partial charge in [-0.25, -0.2) is 0 Å². The summed E-state index contributed by atoms with van der Waals surface area (Å²) >= 11 is 2.01. The standard InChI is InChI=1S/C9H12F3I/c10-9(11,12)8-3-1-6(2-4-8)5-7(8)13/h6-7H,1-5H2. The molecule has 0 aromatic rings. The van der Waals surface area contributed by atoms with E-state index in [-0.39, 0.29) is 3.92 Å². The van der Waals surface area contributed by atoms with Crippen LogP contribution in [0.4, 0.5) is 13.2 Å². The summed E-state index contributed by atoms with van der Waals surface area (Å²) in [5, 5.41) is 0. The zero-order chi connectivity index (χ0) is 9.69. The summed E-state index contributed by atoms with van der Waals surface area (Å²) in [5.41, 5.74) is -1.33. The molecule has 0 aromatic heterocycles. The summed E-state index contributed by atoms with van der Waals surface area (Å²) in [7, 11) is 0. The molecule has 2 bridgehead atoms. The van der Waals surface area contributed by atoms with Crippen LogP contribution < -0.4 is 0 Å². The van der Waals surface area contributed by atoms with E-state index in [1.165, 1.54) is 0 Å². The summed E-state index contributed by atoms with van der Waals surface area (Å²) in [6.45, 7) is 0. The topological polar surface area (TPSA) is 0 Å². The van der Waals surface area contributed by atoms with Crippen LogP contribution in [0.25, 0.3) is 0 Å². The molecule has 0 aromatic carbocycles. The van der Waals surface area contributed by atoms with Gasteiger partial charge < -0.3 is 0 Å². The Morgan fingerprint density at radius 2 is 1.69 bits per heavy atom. The number of hydrogen-bond acceptors (Lipinski definition) is 0. The minimum absolute atomic E-state index is 0.183. The van der Waals surface area contributed by atoms with Crippen molar-refractivity contribution in [3.63, 3.8) is 0 Å². The fourth-order valence-corrected chi connectivity index (χ4v) is 4.42. The Bertz CT molecular complexity index is 203. The van der Waals surface area contributed by atoms with Crippen molar-refractivity contribution in [2.75, 3.05) is 0 Å². The molecule has 0 N–H and O–H groups in total. The number of hydrogen-bond donors (Lipinski definition) is 0. The Morgan fingerprint density at radius 1 is 1.15 bits per heavy atom. The summed E-state index contributed by atoms with van der Waals surface area (Å²) in [6.07, 6.45) is -0.883. The van der Waals surface area contributed by atoms with Crippen molar-refractivity contribution in [1.82, 2.24) is 0 Å². The first kappa shape index (κ1) is 10.1. The first-order valence-corrected chi connectivity index (χ1v) is 5.91. The van der Waals surface area contributed by atoms with Crippen molar-refractivity contribution in [1.29, 1.82) is 0 Å². The molecule has 0 saturated heterocycles. The van der Waals surface area contributed by atoms with Gasteiger partial charge in [-0.1, -0.05) is 22.6 Å². The summed E-state index contributed by atoms with van der Waals surface area (Å²) in [6, 6.07) is 0. The lowest BCUT2D eigenvalue weighted by atomic mass is 9.60. The third kappa shape index (κ3) is 1.39. The van der Waals surface area contributed by atoms with Crippen molar-refractivity contribution >= 4 is 22.6 Å². The second kappa shape index (κ2) is 3.00. The first-order chi connectivity index (χ1) is 5.96. The van der Waals surface area contributed by atoms with Crippen LogP contribution in [-0.4, -0.2) is 10.1 Å². The number of halogens is 4. The van der Waals surface area contributed by atoms with E-state index in [4.69, 9.17) is 0 Å². The minimum atomic E-state index is -3.98. The molecule has 3 saturated carbocycles. The molecule has 0 radical (unpaired) electrons. The van der Waals surface area contributed by atoms with Crippen LogP contribution in [0.5, 0.6) is 0 Å². The number of rotatable bonds is 0. The van der Waals surface area contributed by atoms with E-state index >= 15 is 0 Å². The molecule has 0 aliphatic heterocycles. The quantitative estimate of drug-likeness (QED) is 0.470. The maximum absolute atomic E-state index is 12.9. The SMILES string of the molecule is FC(F)(F)C12CCC(CC1)CC2I. The molecule has 3 aliphatic carbocycles. The smallest absolute Gasteiger partial charge is 0.170 e. The lowest BCUT2D eigenvalue weighted by Crippen LogP contribution is -2.52. The van der Waals surface area contributed by atoms with Gasteiger partial charge in [0.1, 0.15) is 0 Å². The van der Waals surface area contributed by atoms with Crippen molar-refractivity contribution in [2.24, 2.45) is 11.3 Å². The number of alkyl halides is 4. The average Bonchev–Trinajstić information content (AvgIpc) is 2.03. The van der Waals surface area contributed by atoms with Gasteiger partial charge in [-0.2, -0.15) is 13.2 Å². The van der Waals surface area contributed by atoms with Crippen molar-refractivity contribution < 1.29 is 13.2 Å². The van der Waals surface area contributed by atoms with Gasteiger partial charge in [-0.3, -0.25) is 0 Å². The molecule has 0 amide bonds. The molecule has 1 unspecified atom stereocenters. The predicted octanol–water partition coefficient (Wildman–Crippen LogP) is 3.93. The van der Waals surface area contributed by atoms with Crippen LogP contribution in [0, 0.1) is 11.3 Å². The fourth-order valence-electron chi connectivity index (χ4n) is 2.72. The minimum Gasteiger partial charge on any atom is -0.170 e. The highest BCUT2D eigenvalue weighted by Gasteiger charge is 2.61. The van der Waals surface area contributed by atoms with Crippen LogP contribution in [-0.2, 0) is 0 Å². The zero-order valence-corrected chi connectivity index (χ0v) is 9.36. The molecule has 4 heteroatoms. The Balaban J connectivity index is 2.28. The highest BCUT2D eigenvalue weighted by Crippen LogP contribution is 2.60. The molecular formula is C9H12F3I. The Kier molecular flexibility index (Phi) is 2.32. The van der Waals surface area contributed by atoms with Crippen LogP contribution >= 0.6 is 22.6 Å². The van der Waals surface area contributed by atoms with E-state index in [0.717, 1.165) is 19.3 Å². The van der Waals surface area contributed by atoms with E-state index in [2.05, 4.69) is 0 Å². The van der Waals surface area contributed by atoms with Crippen molar-refractivity contribution in [3.8, 4) is 0 Å². The van der Waals surface area contributed by atoms with Gasteiger partial charge in [0.15, 0.2) is 0 Å². The molecule has 1 atom stereocenters. The highest BCUT2D eigenvalue weighted by molar-refractivity contribution is 14.1. The molecule has 3 rings (SSSR count). The monoisotopic (exact) mass is 304 g/mol. The molecule has 0 nitrogen and oxygen atoms in total. The third-order valence-corrected chi connectivity index (χ3v) is 5.40. The van der Waals surface area contributed by atoms with E-state index in [0.29, 0.717) is 18.8 Å². The van der Waals surface area contributed by atoms with E-state index < -0.39 is 11.6 Å². The fraction of sp³-hybridized carbons (Fsp3) is 1.00. The largest absolute Gasteiger partial charge is 0.395 e. The molecule has 13 heavy (non-hydrogen) atoms. The second-order valence-electron chi connectivity index (χ2n) is 4.30. The normalized spacial score (nSPS) is 45.2. The lowest BCUT2D eigenvalue weighted by Gasteiger charge is -2.50. The van der Waals surface area contributed by atoms with Crippen LogP contribution in [0.1, 0.15) is 32.1 Å². The molecule has 3 fully saturated rings. The summed E-state index contributed by atoms with van der Waals surface area (Å²) < 4.78 is 38.4. The van der Waals surface area contributed by atoms with Crippen molar-refractivity contribution in [3.05, 3.63) is 0 Å². The van der Waals surface area contributed by atoms with E-state index in [9.17, 15) is 13.2 Å². The molecule has 3 aliphatic rings. The zero-order valence-electron chi connectivity index (χ0n) is 7.20. The van der Waals surface area contributed by atoms with Crippen molar-refractivity contribution in [2.45, 2.75) is 42.2 Å². The number of fused-ring (bicyclic) bond motifs is 3. The van der Waals surface area contributed by atoms with Gasteiger partial charge in [0.05, 0.1) is 5.41 Å². The average molecular weight is 304 g/mol. The van der Waals surface area contributed by atoms with Crippen LogP contribution in [0.2, 0.25) is 0 Å². The van der Waals surface area contributed by atoms with E-state index in [1.807, 2.05) is 22.6 Å². The maximum atomic E-state index is 12.9. The Morgan fingerprint density at radius 3 is 2.00 bits per heavy atom. The predicted molar refractivity (Wildman–Crippen MR) is 52.9 cm³/mol. The van der Waals surface area contributed by atoms with E-state index in [1.54, 1.807) is 0 Å². The van der Waals surface area contributed by atoms with Gasteiger partial charge in [-0.15, -0.1) is 0 Å². The molecule has 0 heterocycles. The second-order valence-corrected chi connectivity index (χ2v) is 5.80. The van der Waals surface area contributed by atoms with Gasteiger partial charge in [0.25, 0.3) is 0 Å².